The Hall–Kier alpha value is -1.90. The van der Waals surface area contributed by atoms with Crippen LogP contribution < -0.4 is 0 Å². The van der Waals surface area contributed by atoms with E-state index in [2.05, 4.69) is 0 Å². The molecule has 0 saturated carbocycles. The Kier molecular flexibility index (Phi) is 3.56. The van der Waals surface area contributed by atoms with E-state index in [1.54, 1.807) is 19.1 Å². The van der Waals surface area contributed by atoms with Crippen LogP contribution in [0.3, 0.4) is 0 Å². The molecular formula is C16H17FO2. The summed E-state index contributed by atoms with van der Waals surface area (Å²) in [5.41, 5.74) is 0.534. The molecule has 3 heteroatoms. The first-order chi connectivity index (χ1) is 8.92. The molecule has 100 valence electrons. The minimum absolute atomic E-state index is 0.126. The highest BCUT2D eigenvalue weighted by Crippen LogP contribution is 2.40. The lowest BCUT2D eigenvalue weighted by atomic mass is 9.79. The van der Waals surface area contributed by atoms with Gasteiger partial charge in [-0.05, 0) is 25.0 Å². The van der Waals surface area contributed by atoms with Crippen LogP contribution in [0.1, 0.15) is 25.8 Å². The summed E-state index contributed by atoms with van der Waals surface area (Å²) in [4.78, 5) is 11.0. The Labute approximate surface area is 112 Å². The number of carboxylic acids is 1. The molecule has 0 bridgehead atoms. The second-order valence-corrected chi connectivity index (χ2v) is 5.12. The van der Waals surface area contributed by atoms with Gasteiger partial charge in [0.2, 0.25) is 0 Å². The van der Waals surface area contributed by atoms with E-state index >= 15 is 0 Å². The zero-order chi connectivity index (χ0) is 14.0. The number of allylic oxidation sites excluding steroid dienone is 3. The van der Waals surface area contributed by atoms with Crippen LogP contribution in [0.4, 0.5) is 4.39 Å². The summed E-state index contributed by atoms with van der Waals surface area (Å²) in [6.45, 7) is 3.10. The van der Waals surface area contributed by atoms with Crippen LogP contribution in [0, 0.1) is 5.92 Å². The van der Waals surface area contributed by atoms with Gasteiger partial charge in [0.15, 0.2) is 0 Å². The lowest BCUT2D eigenvalue weighted by molar-refractivity contribution is -0.139. The second kappa shape index (κ2) is 5.00. The predicted molar refractivity (Wildman–Crippen MR) is 73.4 cm³/mol. The van der Waals surface area contributed by atoms with Crippen molar-refractivity contribution in [3.05, 3.63) is 53.6 Å². The zero-order valence-corrected chi connectivity index (χ0v) is 11.1. The number of carboxylic acid groups (broad SMARTS) is 1. The van der Waals surface area contributed by atoms with Gasteiger partial charge in [-0.2, -0.15) is 0 Å². The van der Waals surface area contributed by atoms with Gasteiger partial charge in [-0.25, -0.2) is 4.39 Å². The number of halogens is 1. The van der Waals surface area contributed by atoms with E-state index in [0.29, 0.717) is 11.1 Å². The van der Waals surface area contributed by atoms with E-state index in [4.69, 9.17) is 5.11 Å². The molecule has 1 aliphatic carbocycles. The molecule has 0 aromatic heterocycles. The van der Waals surface area contributed by atoms with Crippen molar-refractivity contribution < 1.29 is 14.3 Å². The van der Waals surface area contributed by atoms with E-state index in [9.17, 15) is 9.18 Å². The van der Waals surface area contributed by atoms with Crippen LogP contribution in [-0.4, -0.2) is 16.7 Å². The minimum Gasteiger partial charge on any atom is -0.481 e. The molecule has 0 amide bonds. The fourth-order valence-electron chi connectivity index (χ4n) is 2.37. The average Bonchev–Trinajstić information content (AvgIpc) is 2.37. The molecule has 1 aliphatic rings. The van der Waals surface area contributed by atoms with Crippen molar-refractivity contribution in [3.63, 3.8) is 0 Å². The first-order valence-corrected chi connectivity index (χ1v) is 6.30. The maximum atomic E-state index is 14.8. The number of carbonyl (C=O) groups is 1. The molecule has 0 spiro atoms. The Balaban J connectivity index is 2.38. The van der Waals surface area contributed by atoms with Crippen LogP contribution >= 0.6 is 0 Å². The molecular weight excluding hydrogens is 243 g/mol. The molecule has 0 fully saturated rings. The van der Waals surface area contributed by atoms with Gasteiger partial charge in [-0.15, -0.1) is 0 Å². The smallest absolute Gasteiger partial charge is 0.310 e. The number of hydrogen-bond acceptors (Lipinski definition) is 1. The molecule has 2 unspecified atom stereocenters. The molecule has 1 N–H and O–H groups in total. The molecule has 1 aromatic rings. The number of rotatable bonds is 3. The lowest BCUT2D eigenvalue weighted by Gasteiger charge is -2.30. The number of aliphatic carboxylic acids is 1. The minimum atomic E-state index is -1.53. The van der Waals surface area contributed by atoms with Crippen LogP contribution in [0.15, 0.2) is 48.1 Å². The van der Waals surface area contributed by atoms with Gasteiger partial charge in [0.25, 0.3) is 0 Å². The van der Waals surface area contributed by atoms with Crippen molar-refractivity contribution in [2.24, 2.45) is 5.92 Å². The summed E-state index contributed by atoms with van der Waals surface area (Å²) in [7, 11) is 0. The van der Waals surface area contributed by atoms with Crippen molar-refractivity contribution in [2.75, 3.05) is 0 Å². The largest absolute Gasteiger partial charge is 0.481 e. The van der Waals surface area contributed by atoms with Crippen molar-refractivity contribution in [1.29, 1.82) is 0 Å². The monoisotopic (exact) mass is 260 g/mol. The third kappa shape index (κ3) is 2.75. The molecule has 2 atom stereocenters. The molecule has 2 rings (SSSR count). The Morgan fingerprint density at radius 2 is 1.95 bits per heavy atom. The predicted octanol–water partition coefficient (Wildman–Crippen LogP) is 3.85. The van der Waals surface area contributed by atoms with E-state index < -0.39 is 17.6 Å². The SMILES string of the molecule is CC(C(=O)O)C1=CC=C(c2ccccc2)C(C)(F)C1. The fourth-order valence-corrected chi connectivity index (χ4v) is 2.37. The number of alkyl halides is 1. The van der Waals surface area contributed by atoms with Gasteiger partial charge in [0, 0.05) is 6.42 Å². The van der Waals surface area contributed by atoms with E-state index in [1.165, 1.54) is 6.92 Å². The molecule has 1 aromatic carbocycles. The molecule has 19 heavy (non-hydrogen) atoms. The summed E-state index contributed by atoms with van der Waals surface area (Å²) >= 11 is 0. The topological polar surface area (TPSA) is 37.3 Å². The van der Waals surface area contributed by atoms with Crippen molar-refractivity contribution in [2.45, 2.75) is 25.9 Å². The Bertz CT molecular complexity index is 541. The normalized spacial score (nSPS) is 24.4. The quantitative estimate of drug-likeness (QED) is 0.896. The van der Waals surface area contributed by atoms with Gasteiger partial charge in [-0.3, -0.25) is 4.79 Å². The van der Waals surface area contributed by atoms with Gasteiger partial charge < -0.3 is 5.11 Å². The van der Waals surface area contributed by atoms with Crippen LogP contribution in [0.25, 0.3) is 5.57 Å². The third-order valence-electron chi connectivity index (χ3n) is 3.57. The summed E-state index contributed by atoms with van der Waals surface area (Å²) in [5.74, 6) is -1.57. The second-order valence-electron chi connectivity index (χ2n) is 5.12. The first-order valence-electron chi connectivity index (χ1n) is 6.30. The van der Waals surface area contributed by atoms with Crippen molar-refractivity contribution in [1.82, 2.24) is 0 Å². The molecule has 0 aliphatic heterocycles. The van der Waals surface area contributed by atoms with Gasteiger partial charge >= 0.3 is 5.97 Å². The Morgan fingerprint density at radius 3 is 2.47 bits per heavy atom. The summed E-state index contributed by atoms with van der Waals surface area (Å²) in [6, 6.07) is 9.35. The highest BCUT2D eigenvalue weighted by Gasteiger charge is 2.35. The maximum Gasteiger partial charge on any atom is 0.310 e. The highest BCUT2D eigenvalue weighted by molar-refractivity contribution is 5.78. The van der Waals surface area contributed by atoms with Gasteiger partial charge in [0.05, 0.1) is 5.92 Å². The van der Waals surface area contributed by atoms with E-state index in [1.807, 2.05) is 30.3 Å². The van der Waals surface area contributed by atoms with Gasteiger partial charge in [0.1, 0.15) is 5.67 Å². The van der Waals surface area contributed by atoms with Crippen LogP contribution in [0.5, 0.6) is 0 Å². The first kappa shape index (κ1) is 13.5. The van der Waals surface area contributed by atoms with Crippen molar-refractivity contribution in [3.8, 4) is 0 Å². The Morgan fingerprint density at radius 1 is 1.32 bits per heavy atom. The number of hydrogen-bond donors (Lipinski definition) is 1. The molecule has 0 saturated heterocycles. The molecule has 2 nitrogen and oxygen atoms in total. The average molecular weight is 260 g/mol. The third-order valence-corrected chi connectivity index (χ3v) is 3.57. The molecule has 0 heterocycles. The summed E-state index contributed by atoms with van der Waals surface area (Å²) in [5, 5.41) is 9.00. The van der Waals surface area contributed by atoms with Gasteiger partial charge in [-0.1, -0.05) is 48.1 Å². The number of benzene rings is 1. The molecule has 0 radical (unpaired) electrons. The standard InChI is InChI=1S/C16H17FO2/c1-11(15(18)19)13-8-9-14(16(2,17)10-13)12-6-4-3-5-7-12/h3-9,11H,10H2,1-2H3,(H,18,19). The fraction of sp³-hybridized carbons (Fsp3) is 0.312. The van der Waals surface area contributed by atoms with E-state index in [-0.39, 0.29) is 6.42 Å². The highest BCUT2D eigenvalue weighted by atomic mass is 19.1. The maximum absolute atomic E-state index is 14.8. The summed E-state index contributed by atoms with van der Waals surface area (Å²) < 4.78 is 14.8. The lowest BCUT2D eigenvalue weighted by Crippen LogP contribution is -2.27. The van der Waals surface area contributed by atoms with Crippen LogP contribution in [-0.2, 0) is 4.79 Å². The van der Waals surface area contributed by atoms with Crippen molar-refractivity contribution >= 4 is 11.5 Å². The van der Waals surface area contributed by atoms with E-state index in [0.717, 1.165) is 5.56 Å². The van der Waals surface area contributed by atoms with Crippen LogP contribution in [0.2, 0.25) is 0 Å². The summed E-state index contributed by atoms with van der Waals surface area (Å²) in [6.07, 6.45) is 3.57. The zero-order valence-electron chi connectivity index (χ0n) is 11.1.